The summed E-state index contributed by atoms with van der Waals surface area (Å²) in [7, 11) is 0. The Kier molecular flexibility index (Phi) is 3.70. The summed E-state index contributed by atoms with van der Waals surface area (Å²) >= 11 is 0. The van der Waals surface area contributed by atoms with E-state index in [2.05, 4.69) is 34.6 Å². The molecule has 0 aromatic carbocycles. The number of hydrogen-bond donors (Lipinski definition) is 0. The zero-order valence-corrected chi connectivity index (χ0v) is 11.2. The van der Waals surface area contributed by atoms with Crippen LogP contribution >= 0.6 is 0 Å². The molecule has 0 aromatic heterocycles. The fourth-order valence-electron chi connectivity index (χ4n) is 1.41. The minimum Gasteiger partial charge on any atom is -0.0589 e. The summed E-state index contributed by atoms with van der Waals surface area (Å²) in [6.07, 6.45) is 0. The summed E-state index contributed by atoms with van der Waals surface area (Å²) in [4.78, 5) is 0. The van der Waals surface area contributed by atoms with E-state index in [0.717, 1.165) is 0 Å². The first-order valence-corrected chi connectivity index (χ1v) is 3.75. The predicted octanol–water partition coefficient (Wildman–Crippen LogP) is 3.26. The third-order valence-corrected chi connectivity index (χ3v) is 2.81. The van der Waals surface area contributed by atoms with Gasteiger partial charge in [-0.2, -0.15) is 0 Å². The SMILES string of the molecule is C[C]1C(C)=C(C)C(C)=C1C.[Zn]. The quantitative estimate of drug-likeness (QED) is 0.527. The van der Waals surface area contributed by atoms with E-state index in [1.165, 1.54) is 28.2 Å². The molecular weight excluding hydrogens is 185 g/mol. The molecule has 57 valence electrons. The second-order valence-electron chi connectivity index (χ2n) is 3.12. The van der Waals surface area contributed by atoms with Crippen molar-refractivity contribution in [1.29, 1.82) is 0 Å². The molecular formula is C10H15Zn. The van der Waals surface area contributed by atoms with Crippen LogP contribution in [-0.2, 0) is 19.5 Å². The fourth-order valence-corrected chi connectivity index (χ4v) is 1.41. The molecule has 1 aliphatic carbocycles. The Bertz CT molecular complexity index is 197. The van der Waals surface area contributed by atoms with Crippen molar-refractivity contribution < 1.29 is 19.5 Å². The van der Waals surface area contributed by atoms with E-state index >= 15 is 0 Å². The molecule has 0 aromatic rings. The summed E-state index contributed by atoms with van der Waals surface area (Å²) in [5, 5.41) is 0. The van der Waals surface area contributed by atoms with Gasteiger partial charge in [0.1, 0.15) is 0 Å². The van der Waals surface area contributed by atoms with Crippen molar-refractivity contribution in [2.75, 3.05) is 0 Å². The van der Waals surface area contributed by atoms with Crippen LogP contribution in [0.25, 0.3) is 0 Å². The van der Waals surface area contributed by atoms with Crippen LogP contribution in [0.15, 0.2) is 22.3 Å². The van der Waals surface area contributed by atoms with Gasteiger partial charge in [-0.3, -0.25) is 0 Å². The average molecular weight is 201 g/mol. The van der Waals surface area contributed by atoms with Gasteiger partial charge < -0.3 is 0 Å². The van der Waals surface area contributed by atoms with Gasteiger partial charge in [0, 0.05) is 25.4 Å². The molecule has 0 N–H and O–H groups in total. The van der Waals surface area contributed by atoms with E-state index in [0.29, 0.717) is 0 Å². The van der Waals surface area contributed by atoms with Crippen molar-refractivity contribution in [3.63, 3.8) is 0 Å². The molecule has 0 atom stereocenters. The minimum absolute atomic E-state index is 0. The first-order valence-electron chi connectivity index (χ1n) is 3.75. The molecule has 1 rings (SSSR count). The van der Waals surface area contributed by atoms with Gasteiger partial charge in [-0.15, -0.1) is 0 Å². The van der Waals surface area contributed by atoms with E-state index in [9.17, 15) is 0 Å². The largest absolute Gasteiger partial charge is 0.0589 e. The van der Waals surface area contributed by atoms with E-state index in [4.69, 9.17) is 0 Å². The molecule has 11 heavy (non-hydrogen) atoms. The zero-order chi connectivity index (χ0) is 7.89. The Morgan fingerprint density at radius 3 is 0.909 bits per heavy atom. The first-order chi connectivity index (χ1) is 4.55. The molecule has 0 fully saturated rings. The third-order valence-electron chi connectivity index (χ3n) is 2.81. The Morgan fingerprint density at radius 2 is 0.818 bits per heavy atom. The Morgan fingerprint density at radius 1 is 0.545 bits per heavy atom. The Balaban J connectivity index is 0.000001000. The minimum atomic E-state index is 0. The van der Waals surface area contributed by atoms with Crippen LogP contribution in [0.4, 0.5) is 0 Å². The summed E-state index contributed by atoms with van der Waals surface area (Å²) in [6.45, 7) is 11.0. The zero-order valence-electron chi connectivity index (χ0n) is 8.21. The van der Waals surface area contributed by atoms with Crippen molar-refractivity contribution in [3.8, 4) is 0 Å². The van der Waals surface area contributed by atoms with Gasteiger partial charge in [-0.25, -0.2) is 0 Å². The molecule has 0 bridgehead atoms. The maximum absolute atomic E-state index is 2.20. The summed E-state index contributed by atoms with van der Waals surface area (Å²) in [6, 6.07) is 0. The van der Waals surface area contributed by atoms with Crippen LogP contribution in [0.3, 0.4) is 0 Å². The second kappa shape index (κ2) is 3.67. The van der Waals surface area contributed by atoms with Gasteiger partial charge in [0.2, 0.25) is 0 Å². The summed E-state index contributed by atoms with van der Waals surface area (Å²) < 4.78 is 0. The van der Waals surface area contributed by atoms with E-state index in [1.54, 1.807) is 0 Å². The number of rotatable bonds is 0. The average Bonchev–Trinajstić information content (AvgIpc) is 2.07. The van der Waals surface area contributed by atoms with E-state index in [1.807, 2.05) is 0 Å². The molecule has 0 unspecified atom stereocenters. The predicted molar refractivity (Wildman–Crippen MR) is 45.7 cm³/mol. The van der Waals surface area contributed by atoms with Gasteiger partial charge in [0.05, 0.1) is 0 Å². The Hall–Kier alpha value is 0.103. The maximum atomic E-state index is 2.20. The van der Waals surface area contributed by atoms with Crippen LogP contribution in [0.5, 0.6) is 0 Å². The summed E-state index contributed by atoms with van der Waals surface area (Å²) in [5.74, 6) is 1.47. The molecule has 0 aliphatic heterocycles. The Labute approximate surface area is 82.5 Å². The molecule has 0 spiro atoms. The smallest absolute Gasteiger partial charge is 0.0226 e. The van der Waals surface area contributed by atoms with Gasteiger partial charge in [-0.1, -0.05) is 18.1 Å². The molecule has 1 aliphatic rings. The second-order valence-corrected chi connectivity index (χ2v) is 3.12. The summed E-state index contributed by atoms with van der Waals surface area (Å²) in [5.41, 5.74) is 5.87. The maximum Gasteiger partial charge on any atom is 0.0226 e. The van der Waals surface area contributed by atoms with Crippen LogP contribution in [0.2, 0.25) is 0 Å². The molecule has 0 saturated heterocycles. The van der Waals surface area contributed by atoms with Crippen molar-refractivity contribution in [2.24, 2.45) is 0 Å². The monoisotopic (exact) mass is 199 g/mol. The molecule has 0 nitrogen and oxygen atoms in total. The standard InChI is InChI=1S/C10H15.Zn/c1-6-7(2)9(4)10(5)8(6)3;/h1-5H3;. The number of hydrogen-bond acceptors (Lipinski definition) is 0. The van der Waals surface area contributed by atoms with Gasteiger partial charge >= 0.3 is 0 Å². The van der Waals surface area contributed by atoms with Crippen LogP contribution in [-0.4, -0.2) is 0 Å². The van der Waals surface area contributed by atoms with Crippen molar-refractivity contribution in [3.05, 3.63) is 28.2 Å². The topological polar surface area (TPSA) is 0 Å². The number of allylic oxidation sites excluding steroid dienone is 4. The van der Waals surface area contributed by atoms with Gasteiger partial charge in [0.25, 0.3) is 0 Å². The van der Waals surface area contributed by atoms with Crippen LogP contribution < -0.4 is 0 Å². The molecule has 1 heteroatoms. The molecule has 0 amide bonds. The molecule has 1 radical (unpaired) electrons. The first kappa shape index (κ1) is 11.1. The molecule has 0 heterocycles. The third kappa shape index (κ3) is 1.64. The van der Waals surface area contributed by atoms with E-state index in [-0.39, 0.29) is 19.5 Å². The van der Waals surface area contributed by atoms with Crippen molar-refractivity contribution in [1.82, 2.24) is 0 Å². The van der Waals surface area contributed by atoms with Crippen LogP contribution in [0.1, 0.15) is 34.6 Å². The van der Waals surface area contributed by atoms with Crippen LogP contribution in [0, 0.1) is 5.92 Å². The van der Waals surface area contributed by atoms with Gasteiger partial charge in [-0.05, 0) is 38.8 Å². The molecule has 0 saturated carbocycles. The van der Waals surface area contributed by atoms with Gasteiger partial charge in [0.15, 0.2) is 0 Å². The van der Waals surface area contributed by atoms with E-state index < -0.39 is 0 Å². The normalized spacial score (nSPS) is 19.4. The van der Waals surface area contributed by atoms with Crippen molar-refractivity contribution >= 4 is 0 Å². The fraction of sp³-hybridized carbons (Fsp3) is 0.500. The van der Waals surface area contributed by atoms with Crippen molar-refractivity contribution in [2.45, 2.75) is 34.6 Å².